The number of likely N-dealkylation sites (tertiary alicyclic amines) is 1. The minimum absolute atomic E-state index is 0.0962. The van der Waals surface area contributed by atoms with E-state index in [9.17, 15) is 9.59 Å². The van der Waals surface area contributed by atoms with Gasteiger partial charge in [0.25, 0.3) is 0 Å². The zero-order valence-corrected chi connectivity index (χ0v) is 20.4. The van der Waals surface area contributed by atoms with Crippen LogP contribution in [0.2, 0.25) is 0 Å². The number of ether oxygens (including phenoxy) is 1. The molecule has 1 aromatic rings. The van der Waals surface area contributed by atoms with Crippen molar-refractivity contribution in [2.75, 3.05) is 38.7 Å². The molecule has 0 aromatic heterocycles. The van der Waals surface area contributed by atoms with E-state index in [4.69, 9.17) is 15.3 Å². The first-order chi connectivity index (χ1) is 15.4. The molecule has 0 aliphatic carbocycles. The molecular weight excluding hydrogens is 420 g/mol. The maximum Gasteiger partial charge on any atom is 0.341 e. The summed E-state index contributed by atoms with van der Waals surface area (Å²) < 4.78 is 5.67. The van der Waals surface area contributed by atoms with E-state index in [-0.39, 0.29) is 23.7 Å². The summed E-state index contributed by atoms with van der Waals surface area (Å²) in [4.78, 5) is 32.7. The van der Waals surface area contributed by atoms with Crippen LogP contribution in [-0.4, -0.2) is 67.1 Å². The number of benzene rings is 1. The molecule has 178 valence electrons. The number of carboxylic acid groups (broad SMARTS) is 1. The van der Waals surface area contributed by atoms with E-state index in [0.29, 0.717) is 29.4 Å². The highest BCUT2D eigenvalue weighted by Crippen LogP contribution is 2.40. The average Bonchev–Trinajstić information content (AvgIpc) is 3.05. The van der Waals surface area contributed by atoms with Gasteiger partial charge in [0.15, 0.2) is 12.4 Å². The lowest BCUT2D eigenvalue weighted by Crippen LogP contribution is -2.32. The lowest BCUT2D eigenvalue weighted by molar-refractivity contribution is -0.139. The summed E-state index contributed by atoms with van der Waals surface area (Å²) in [6.45, 7) is 8.31. The second-order valence-corrected chi connectivity index (χ2v) is 9.83. The van der Waals surface area contributed by atoms with E-state index in [0.717, 1.165) is 29.8 Å². The normalized spacial score (nSPS) is 17.9. The van der Waals surface area contributed by atoms with Gasteiger partial charge in [-0.3, -0.25) is 15.2 Å². The molecule has 1 aromatic carbocycles. The van der Waals surface area contributed by atoms with Gasteiger partial charge in [-0.25, -0.2) is 4.79 Å². The fourth-order valence-corrected chi connectivity index (χ4v) is 4.19. The van der Waals surface area contributed by atoms with Crippen LogP contribution in [0, 0.1) is 11.3 Å². The summed E-state index contributed by atoms with van der Waals surface area (Å²) >= 11 is 0. The van der Waals surface area contributed by atoms with Crippen molar-refractivity contribution in [2.24, 2.45) is 10.9 Å². The number of allylic oxidation sites excluding steroid dienone is 2. The van der Waals surface area contributed by atoms with Crippen LogP contribution in [0.15, 0.2) is 28.9 Å². The van der Waals surface area contributed by atoms with Gasteiger partial charge in [-0.15, -0.1) is 0 Å². The van der Waals surface area contributed by atoms with Crippen LogP contribution < -0.4 is 9.64 Å². The van der Waals surface area contributed by atoms with Gasteiger partial charge >= 0.3 is 5.97 Å². The van der Waals surface area contributed by atoms with Crippen molar-refractivity contribution in [3.05, 3.63) is 35.0 Å². The van der Waals surface area contributed by atoms with E-state index >= 15 is 0 Å². The third-order valence-electron chi connectivity index (χ3n) is 6.01. The van der Waals surface area contributed by atoms with Crippen LogP contribution in [0.5, 0.6) is 5.75 Å². The van der Waals surface area contributed by atoms with Crippen LogP contribution in [0.25, 0.3) is 0 Å². The van der Waals surface area contributed by atoms with Crippen molar-refractivity contribution in [2.45, 2.75) is 46.0 Å². The highest BCUT2D eigenvalue weighted by atomic mass is 16.5. The quantitative estimate of drug-likeness (QED) is 0.580. The second-order valence-electron chi connectivity index (χ2n) is 9.83. The van der Waals surface area contributed by atoms with Gasteiger partial charge < -0.3 is 19.6 Å². The summed E-state index contributed by atoms with van der Waals surface area (Å²) in [5.74, 6) is -0.190. The number of carbonyl (C=O) groups excluding carboxylic acids is 1. The molecule has 1 fully saturated rings. The maximum atomic E-state index is 13.4. The minimum atomic E-state index is -1.06. The second kappa shape index (κ2) is 9.37. The Labute approximate surface area is 195 Å². The molecule has 8 heteroatoms. The number of Topliss-reactive ketones (excluding diaryl/α,β-unsaturated/α-hetero) is 1. The van der Waals surface area contributed by atoms with Gasteiger partial charge in [-0.1, -0.05) is 33.8 Å². The number of carbonyl (C=O) groups is 2. The molecule has 1 saturated heterocycles. The number of nitrogens with one attached hydrogen (secondary N) is 1. The summed E-state index contributed by atoms with van der Waals surface area (Å²) in [6, 6.07) is 3.54. The fraction of sp³-hybridized carbons (Fsp3) is 0.520. The van der Waals surface area contributed by atoms with Crippen molar-refractivity contribution in [3.63, 3.8) is 0 Å². The number of nitrogens with zero attached hydrogens (tertiary/aromatic N) is 3. The van der Waals surface area contributed by atoms with Crippen LogP contribution in [0.1, 0.15) is 56.5 Å². The third-order valence-corrected chi connectivity index (χ3v) is 6.01. The number of anilines is 1. The monoisotopic (exact) mass is 454 g/mol. The smallest absolute Gasteiger partial charge is 0.341 e. The molecule has 0 saturated carbocycles. The van der Waals surface area contributed by atoms with Crippen LogP contribution in [0.3, 0.4) is 0 Å². The van der Waals surface area contributed by atoms with Crippen LogP contribution >= 0.6 is 0 Å². The summed E-state index contributed by atoms with van der Waals surface area (Å²) in [5, 5.41) is 17.7. The average molecular weight is 455 g/mol. The first kappa shape index (κ1) is 24.5. The molecule has 0 radical (unpaired) electrons. The molecule has 0 spiro atoms. The van der Waals surface area contributed by atoms with Gasteiger partial charge in [0, 0.05) is 43.4 Å². The zero-order chi connectivity index (χ0) is 24.5. The number of rotatable bonds is 8. The van der Waals surface area contributed by atoms with Crippen LogP contribution in [-0.2, 0) is 10.2 Å². The van der Waals surface area contributed by atoms with E-state index in [1.165, 1.54) is 0 Å². The van der Waals surface area contributed by atoms with Gasteiger partial charge in [-0.05, 0) is 30.4 Å². The number of fused-ring (bicyclic) bond motifs is 1. The minimum Gasteiger partial charge on any atom is -0.479 e. The fourth-order valence-electron chi connectivity index (χ4n) is 4.19. The molecule has 33 heavy (non-hydrogen) atoms. The Bertz CT molecular complexity index is 1030. The molecule has 2 aliphatic rings. The molecule has 1 unspecified atom stereocenters. The largest absolute Gasteiger partial charge is 0.479 e. The molecule has 2 heterocycles. The van der Waals surface area contributed by atoms with Crippen molar-refractivity contribution >= 4 is 29.0 Å². The lowest BCUT2D eigenvalue weighted by atomic mass is 9.84. The molecule has 2 aliphatic heterocycles. The van der Waals surface area contributed by atoms with Crippen molar-refractivity contribution in [1.82, 2.24) is 4.90 Å². The van der Waals surface area contributed by atoms with E-state index in [2.05, 4.69) is 18.0 Å². The predicted octanol–water partition coefficient (Wildman–Crippen LogP) is 3.74. The Hall–Kier alpha value is -3.16. The Morgan fingerprint density at radius 2 is 2.00 bits per heavy atom. The molecule has 1 atom stereocenters. The lowest BCUT2D eigenvalue weighted by Gasteiger charge is -2.28. The number of carboxylic acids is 1. The molecule has 8 nitrogen and oxygen atoms in total. The first-order valence-corrected chi connectivity index (χ1v) is 11.3. The molecular formula is C25H34N4O4. The molecule has 0 bridgehead atoms. The standard InChI is InChI=1S/C25H34N4O4/c1-7-17-9-8-15-12-29(24(26)22(15)27-17)13-20(30)16-10-18(25(2,3)4)23(33-14-21(31)32)19(11-16)28(5)6/h9-11,15,26H,7-8,12-14H2,1-6H3,(H,31,32). The highest BCUT2D eigenvalue weighted by molar-refractivity contribution is 6.43. The number of amidine groups is 1. The maximum absolute atomic E-state index is 13.4. The Kier molecular flexibility index (Phi) is 6.95. The molecule has 3 rings (SSSR count). The number of hydrogen-bond donors (Lipinski definition) is 2. The Morgan fingerprint density at radius 1 is 1.30 bits per heavy atom. The number of hydrogen-bond acceptors (Lipinski definition) is 6. The van der Waals surface area contributed by atoms with Gasteiger partial charge in [-0.2, -0.15) is 0 Å². The summed E-state index contributed by atoms with van der Waals surface area (Å²) in [6.07, 6.45) is 3.81. The predicted molar refractivity (Wildman–Crippen MR) is 130 cm³/mol. The highest BCUT2D eigenvalue weighted by Gasteiger charge is 2.36. The summed E-state index contributed by atoms with van der Waals surface area (Å²) in [5.41, 5.74) is 3.35. The van der Waals surface area contributed by atoms with E-state index in [1.54, 1.807) is 17.0 Å². The molecule has 2 N–H and O–H groups in total. The zero-order valence-electron chi connectivity index (χ0n) is 20.4. The van der Waals surface area contributed by atoms with Crippen molar-refractivity contribution in [3.8, 4) is 5.75 Å². The van der Waals surface area contributed by atoms with Crippen molar-refractivity contribution in [1.29, 1.82) is 5.41 Å². The van der Waals surface area contributed by atoms with Gasteiger partial charge in [0.2, 0.25) is 0 Å². The van der Waals surface area contributed by atoms with Gasteiger partial charge in [0.1, 0.15) is 11.6 Å². The summed E-state index contributed by atoms with van der Waals surface area (Å²) in [7, 11) is 3.67. The number of ketones is 1. The van der Waals surface area contributed by atoms with Gasteiger partial charge in [0.05, 0.1) is 17.9 Å². The molecule has 0 amide bonds. The Balaban J connectivity index is 1.91. The SMILES string of the molecule is CCC1=CCC2CN(CC(=O)c3cc(N(C)C)c(OCC(=O)O)c(C(C)(C)C)c3)C(=N)C2=N1. The first-order valence-electron chi connectivity index (χ1n) is 11.3. The number of aliphatic imine (C=N–C) groups is 1. The topological polar surface area (TPSA) is 106 Å². The van der Waals surface area contributed by atoms with E-state index < -0.39 is 12.6 Å². The van der Waals surface area contributed by atoms with E-state index in [1.807, 2.05) is 39.8 Å². The van der Waals surface area contributed by atoms with Crippen molar-refractivity contribution < 1.29 is 19.4 Å². The Morgan fingerprint density at radius 3 is 2.58 bits per heavy atom. The third kappa shape index (κ3) is 5.26. The number of aliphatic carboxylic acids is 1. The van der Waals surface area contributed by atoms with Crippen LogP contribution in [0.4, 0.5) is 5.69 Å².